The maximum absolute atomic E-state index is 12.7. The molecule has 3 aromatic rings. The number of unbranched alkanes of at least 4 members (excludes halogenated alkanes) is 1. The number of ether oxygens (including phenoxy) is 1. The lowest BCUT2D eigenvalue weighted by Gasteiger charge is -2.06. The average Bonchev–Trinajstić information content (AvgIpc) is 3.10. The monoisotopic (exact) mass is 421 g/mol. The quantitative estimate of drug-likeness (QED) is 0.252. The van der Waals surface area contributed by atoms with Crippen molar-refractivity contribution in [1.29, 1.82) is 0 Å². The molecule has 4 nitrogen and oxygen atoms in total. The minimum atomic E-state index is -0.399. The smallest absolute Gasteiger partial charge is 0.341 e. The Balaban J connectivity index is 1.78. The van der Waals surface area contributed by atoms with Gasteiger partial charge in [-0.2, -0.15) is 0 Å². The molecule has 0 saturated carbocycles. The fraction of sp³-hybridized carbons (Fsp3) is 0.280. The number of carbonyl (C=O) groups excluding carboxylic acids is 2. The third kappa shape index (κ3) is 5.36. The van der Waals surface area contributed by atoms with Gasteiger partial charge in [0.2, 0.25) is 5.91 Å². The Labute approximate surface area is 181 Å². The maximum Gasteiger partial charge on any atom is 0.341 e. The zero-order chi connectivity index (χ0) is 21.5. The molecule has 1 aromatic heterocycles. The highest BCUT2D eigenvalue weighted by Crippen LogP contribution is 2.36. The summed E-state index contributed by atoms with van der Waals surface area (Å²) in [5, 5.41) is 4.18. The second-order valence-corrected chi connectivity index (χ2v) is 8.49. The van der Waals surface area contributed by atoms with Crippen LogP contribution in [0.25, 0.3) is 16.2 Å². The summed E-state index contributed by atoms with van der Waals surface area (Å²) in [5.41, 5.74) is 2.63. The van der Waals surface area contributed by atoms with Crippen molar-refractivity contribution >= 4 is 44.4 Å². The highest BCUT2D eigenvalue weighted by molar-refractivity contribution is 7.23. The molecule has 0 aliphatic carbocycles. The number of hydrogen-bond donors (Lipinski definition) is 1. The van der Waals surface area contributed by atoms with Crippen molar-refractivity contribution in [3.63, 3.8) is 0 Å². The molecule has 0 radical (unpaired) electrons. The number of anilines is 1. The Kier molecular flexibility index (Phi) is 7.41. The van der Waals surface area contributed by atoms with Crippen molar-refractivity contribution in [3.05, 3.63) is 71.3 Å². The van der Waals surface area contributed by atoms with E-state index in [1.807, 2.05) is 43.3 Å². The molecule has 0 bridgehead atoms. The largest absolute Gasteiger partial charge is 0.462 e. The van der Waals surface area contributed by atoms with E-state index in [1.165, 1.54) is 23.0 Å². The van der Waals surface area contributed by atoms with Crippen molar-refractivity contribution in [2.24, 2.45) is 0 Å². The maximum atomic E-state index is 12.7. The van der Waals surface area contributed by atoms with Gasteiger partial charge in [0, 0.05) is 16.2 Å². The summed E-state index contributed by atoms with van der Waals surface area (Å²) in [5.74, 6) is -0.212. The van der Waals surface area contributed by atoms with Crippen LogP contribution in [0.5, 0.6) is 0 Å². The van der Waals surface area contributed by atoms with E-state index in [1.54, 1.807) is 6.08 Å². The number of benzene rings is 2. The molecule has 0 atom stereocenters. The van der Waals surface area contributed by atoms with Crippen LogP contribution in [-0.4, -0.2) is 18.5 Å². The van der Waals surface area contributed by atoms with Crippen LogP contribution in [0.4, 0.5) is 5.00 Å². The van der Waals surface area contributed by atoms with Crippen LogP contribution in [0, 0.1) is 0 Å². The Morgan fingerprint density at radius 1 is 1.10 bits per heavy atom. The molecular weight excluding hydrogens is 394 g/mol. The number of fused-ring (bicyclic) bond motifs is 1. The van der Waals surface area contributed by atoms with Crippen LogP contribution < -0.4 is 5.32 Å². The lowest BCUT2D eigenvalue weighted by Crippen LogP contribution is -2.12. The van der Waals surface area contributed by atoms with Crippen molar-refractivity contribution in [3.8, 4) is 0 Å². The Hall–Kier alpha value is -2.92. The number of thiophene rings is 1. The van der Waals surface area contributed by atoms with E-state index < -0.39 is 5.97 Å². The van der Waals surface area contributed by atoms with Crippen LogP contribution in [-0.2, 0) is 9.53 Å². The van der Waals surface area contributed by atoms with E-state index in [4.69, 9.17) is 4.74 Å². The third-order valence-corrected chi connectivity index (χ3v) is 5.88. The molecule has 0 saturated heterocycles. The van der Waals surface area contributed by atoms with Gasteiger partial charge in [0.1, 0.15) is 10.6 Å². The normalized spacial score (nSPS) is 11.3. The van der Waals surface area contributed by atoms with Crippen molar-refractivity contribution < 1.29 is 14.3 Å². The topological polar surface area (TPSA) is 55.4 Å². The van der Waals surface area contributed by atoms with Crippen LogP contribution in [0.1, 0.15) is 61.0 Å². The summed E-state index contributed by atoms with van der Waals surface area (Å²) < 4.78 is 6.35. The van der Waals surface area contributed by atoms with E-state index in [9.17, 15) is 9.59 Å². The molecule has 1 amide bonds. The number of rotatable bonds is 8. The highest BCUT2D eigenvalue weighted by atomic mass is 32.1. The van der Waals surface area contributed by atoms with E-state index >= 15 is 0 Å². The summed E-state index contributed by atoms with van der Waals surface area (Å²) in [6.45, 7) is 6.71. The molecule has 1 N–H and O–H groups in total. The van der Waals surface area contributed by atoms with E-state index in [2.05, 4.69) is 31.3 Å². The minimum Gasteiger partial charge on any atom is -0.462 e. The molecule has 2 aromatic carbocycles. The Morgan fingerprint density at radius 3 is 2.53 bits per heavy atom. The second kappa shape index (κ2) is 10.2. The summed E-state index contributed by atoms with van der Waals surface area (Å²) >= 11 is 1.38. The molecule has 0 fully saturated rings. The fourth-order valence-electron chi connectivity index (χ4n) is 3.04. The highest BCUT2D eigenvalue weighted by Gasteiger charge is 2.21. The number of amides is 1. The van der Waals surface area contributed by atoms with Gasteiger partial charge in [-0.3, -0.25) is 4.79 Å². The summed E-state index contributed by atoms with van der Waals surface area (Å²) in [4.78, 5) is 25.2. The van der Waals surface area contributed by atoms with Gasteiger partial charge in [0.05, 0.1) is 6.61 Å². The standard InChI is InChI=1S/C25H27NO3S/c1-4-5-16-29-25(28)23-20-8-6-7-9-21(20)30-24(23)26-22(27)15-12-18-10-13-19(14-11-18)17(2)3/h6-15,17H,4-5,16H2,1-3H3,(H,26,27)/b15-12+. The van der Waals surface area contributed by atoms with Crippen molar-refractivity contribution in [2.75, 3.05) is 11.9 Å². The van der Waals surface area contributed by atoms with Gasteiger partial charge in [-0.25, -0.2) is 4.79 Å². The Bertz CT molecular complexity index is 1050. The summed E-state index contributed by atoms with van der Waals surface area (Å²) in [6, 6.07) is 15.7. The minimum absolute atomic E-state index is 0.280. The molecule has 1 heterocycles. The number of hydrogen-bond acceptors (Lipinski definition) is 4. The van der Waals surface area contributed by atoms with Gasteiger partial charge >= 0.3 is 5.97 Å². The first-order chi connectivity index (χ1) is 14.5. The molecule has 0 aliphatic heterocycles. The summed E-state index contributed by atoms with van der Waals surface area (Å²) in [6.07, 6.45) is 5.02. The van der Waals surface area contributed by atoms with Crippen LogP contribution in [0.3, 0.4) is 0 Å². The average molecular weight is 422 g/mol. The van der Waals surface area contributed by atoms with E-state index in [0.717, 1.165) is 28.5 Å². The summed E-state index contributed by atoms with van der Waals surface area (Å²) in [7, 11) is 0. The molecular formula is C25H27NO3S. The molecule has 0 spiro atoms. The lowest BCUT2D eigenvalue weighted by molar-refractivity contribution is -0.111. The van der Waals surface area contributed by atoms with Gasteiger partial charge in [-0.05, 0) is 35.6 Å². The third-order valence-electron chi connectivity index (χ3n) is 4.80. The van der Waals surface area contributed by atoms with E-state index in [-0.39, 0.29) is 5.91 Å². The van der Waals surface area contributed by atoms with Crippen LogP contribution in [0.2, 0.25) is 0 Å². The number of nitrogens with one attached hydrogen (secondary N) is 1. The van der Waals surface area contributed by atoms with Gasteiger partial charge < -0.3 is 10.1 Å². The number of carbonyl (C=O) groups is 2. The van der Waals surface area contributed by atoms with Crippen LogP contribution >= 0.6 is 11.3 Å². The van der Waals surface area contributed by atoms with Gasteiger partial charge in [-0.1, -0.05) is 69.7 Å². The van der Waals surface area contributed by atoms with Gasteiger partial charge in [0.15, 0.2) is 0 Å². The molecule has 5 heteroatoms. The molecule has 0 unspecified atom stereocenters. The fourth-order valence-corrected chi connectivity index (χ4v) is 4.13. The number of esters is 1. The lowest BCUT2D eigenvalue weighted by atomic mass is 10.0. The molecule has 0 aliphatic rings. The van der Waals surface area contributed by atoms with Crippen molar-refractivity contribution in [2.45, 2.75) is 39.5 Å². The second-order valence-electron chi connectivity index (χ2n) is 7.44. The van der Waals surface area contributed by atoms with Gasteiger partial charge in [0.25, 0.3) is 0 Å². The molecule has 156 valence electrons. The molecule has 3 rings (SSSR count). The zero-order valence-corrected chi connectivity index (χ0v) is 18.4. The Morgan fingerprint density at radius 2 is 1.83 bits per heavy atom. The van der Waals surface area contributed by atoms with E-state index in [0.29, 0.717) is 23.1 Å². The van der Waals surface area contributed by atoms with Gasteiger partial charge in [-0.15, -0.1) is 11.3 Å². The predicted molar refractivity (Wildman–Crippen MR) is 125 cm³/mol. The predicted octanol–water partition coefficient (Wildman–Crippen LogP) is 6.63. The van der Waals surface area contributed by atoms with Crippen molar-refractivity contribution in [1.82, 2.24) is 0 Å². The zero-order valence-electron chi connectivity index (χ0n) is 17.6. The first-order valence-electron chi connectivity index (χ1n) is 10.3. The first-order valence-corrected chi connectivity index (χ1v) is 11.1. The SMILES string of the molecule is CCCCOC(=O)c1c(NC(=O)/C=C/c2ccc(C(C)C)cc2)sc2ccccc12. The van der Waals surface area contributed by atoms with Crippen LogP contribution in [0.15, 0.2) is 54.6 Å². The first kappa shape index (κ1) is 21.8. The molecule has 30 heavy (non-hydrogen) atoms.